The summed E-state index contributed by atoms with van der Waals surface area (Å²) in [5, 5.41) is 2.90. The SMILES string of the molecule is COC(=O)CCSCc1cccc(NC(=O)[C@@H]2CC[C@H](CN)O2)c1.Cl. The number of esters is 1. The maximum absolute atomic E-state index is 12.2. The first-order valence-electron chi connectivity index (χ1n) is 8.02. The van der Waals surface area contributed by atoms with Crippen LogP contribution in [0.2, 0.25) is 0 Å². The third-order valence-electron chi connectivity index (χ3n) is 3.80. The van der Waals surface area contributed by atoms with E-state index in [-0.39, 0.29) is 30.4 Å². The Bertz CT molecular complexity index is 573. The van der Waals surface area contributed by atoms with Crippen LogP contribution < -0.4 is 11.1 Å². The van der Waals surface area contributed by atoms with Crippen molar-refractivity contribution in [2.75, 3.05) is 24.7 Å². The van der Waals surface area contributed by atoms with Gasteiger partial charge in [0.1, 0.15) is 6.10 Å². The van der Waals surface area contributed by atoms with Gasteiger partial charge in [-0.15, -0.1) is 12.4 Å². The molecular weight excluding hydrogens is 364 g/mol. The highest BCUT2D eigenvalue weighted by atomic mass is 35.5. The van der Waals surface area contributed by atoms with Gasteiger partial charge in [0, 0.05) is 23.7 Å². The summed E-state index contributed by atoms with van der Waals surface area (Å²) in [5.41, 5.74) is 7.41. The average Bonchev–Trinajstić information content (AvgIpc) is 3.08. The van der Waals surface area contributed by atoms with Gasteiger partial charge in [-0.2, -0.15) is 11.8 Å². The zero-order chi connectivity index (χ0) is 17.4. The number of hydrogen-bond donors (Lipinski definition) is 2. The smallest absolute Gasteiger partial charge is 0.306 e. The molecule has 1 aliphatic heterocycles. The molecule has 0 bridgehead atoms. The average molecular weight is 389 g/mol. The van der Waals surface area contributed by atoms with E-state index in [1.807, 2.05) is 24.3 Å². The van der Waals surface area contributed by atoms with Gasteiger partial charge in [0.2, 0.25) is 0 Å². The number of nitrogens with one attached hydrogen (secondary N) is 1. The lowest BCUT2D eigenvalue weighted by atomic mass is 10.1. The summed E-state index contributed by atoms with van der Waals surface area (Å²) in [4.78, 5) is 23.3. The molecule has 2 rings (SSSR count). The van der Waals surface area contributed by atoms with Crippen LogP contribution in [0.15, 0.2) is 24.3 Å². The lowest BCUT2D eigenvalue weighted by Gasteiger charge is -2.13. The summed E-state index contributed by atoms with van der Waals surface area (Å²) in [7, 11) is 1.39. The topological polar surface area (TPSA) is 90.7 Å². The molecule has 0 aromatic heterocycles. The number of thioether (sulfide) groups is 1. The fourth-order valence-electron chi connectivity index (χ4n) is 2.48. The van der Waals surface area contributed by atoms with Crippen molar-refractivity contribution in [1.82, 2.24) is 0 Å². The quantitative estimate of drug-likeness (QED) is 0.524. The molecule has 0 aliphatic carbocycles. The number of nitrogens with two attached hydrogens (primary N) is 1. The zero-order valence-electron chi connectivity index (χ0n) is 14.2. The van der Waals surface area contributed by atoms with Crippen LogP contribution in [0.25, 0.3) is 0 Å². The van der Waals surface area contributed by atoms with Crippen molar-refractivity contribution >= 4 is 41.7 Å². The molecule has 0 saturated carbocycles. The van der Waals surface area contributed by atoms with E-state index in [4.69, 9.17) is 10.5 Å². The molecule has 1 aliphatic rings. The van der Waals surface area contributed by atoms with Crippen molar-refractivity contribution in [3.63, 3.8) is 0 Å². The van der Waals surface area contributed by atoms with Crippen LogP contribution in [0.5, 0.6) is 0 Å². The fraction of sp³-hybridized carbons (Fsp3) is 0.529. The van der Waals surface area contributed by atoms with E-state index in [1.165, 1.54) is 7.11 Å². The predicted molar refractivity (Wildman–Crippen MR) is 102 cm³/mol. The van der Waals surface area contributed by atoms with Gasteiger partial charge in [0.15, 0.2) is 0 Å². The molecule has 1 heterocycles. The Labute approximate surface area is 158 Å². The van der Waals surface area contributed by atoms with Crippen LogP contribution in [0.4, 0.5) is 5.69 Å². The number of carbonyl (C=O) groups is 2. The Hall–Kier alpha value is -1.28. The monoisotopic (exact) mass is 388 g/mol. The second-order valence-corrected chi connectivity index (χ2v) is 6.73. The normalized spacial score (nSPS) is 19.1. The molecular formula is C17H25ClN2O4S. The second-order valence-electron chi connectivity index (χ2n) is 5.63. The van der Waals surface area contributed by atoms with Gasteiger partial charge in [0.05, 0.1) is 19.6 Å². The van der Waals surface area contributed by atoms with Crippen molar-refractivity contribution < 1.29 is 19.1 Å². The number of halogens is 1. The van der Waals surface area contributed by atoms with Crippen LogP contribution in [-0.2, 0) is 24.8 Å². The number of rotatable bonds is 8. The van der Waals surface area contributed by atoms with E-state index in [0.29, 0.717) is 25.1 Å². The molecule has 1 aromatic carbocycles. The fourth-order valence-corrected chi connectivity index (χ4v) is 3.35. The first-order chi connectivity index (χ1) is 11.6. The molecule has 1 amide bonds. The summed E-state index contributed by atoms with van der Waals surface area (Å²) < 4.78 is 10.2. The number of amides is 1. The van der Waals surface area contributed by atoms with Gasteiger partial charge in [-0.05, 0) is 30.5 Å². The van der Waals surface area contributed by atoms with Gasteiger partial charge < -0.3 is 20.5 Å². The van der Waals surface area contributed by atoms with Crippen molar-refractivity contribution in [2.24, 2.45) is 5.73 Å². The van der Waals surface area contributed by atoms with E-state index in [9.17, 15) is 9.59 Å². The highest BCUT2D eigenvalue weighted by molar-refractivity contribution is 7.98. The number of ether oxygens (including phenoxy) is 2. The largest absolute Gasteiger partial charge is 0.469 e. The zero-order valence-corrected chi connectivity index (χ0v) is 15.9. The lowest BCUT2D eigenvalue weighted by Crippen LogP contribution is -2.29. The first kappa shape index (κ1) is 21.8. The highest BCUT2D eigenvalue weighted by Crippen LogP contribution is 2.22. The Balaban J connectivity index is 0.00000312. The molecule has 0 radical (unpaired) electrons. The molecule has 0 spiro atoms. The van der Waals surface area contributed by atoms with Crippen molar-refractivity contribution in [3.8, 4) is 0 Å². The van der Waals surface area contributed by atoms with Crippen molar-refractivity contribution in [2.45, 2.75) is 37.2 Å². The van der Waals surface area contributed by atoms with E-state index in [1.54, 1.807) is 11.8 Å². The number of hydrogen-bond acceptors (Lipinski definition) is 6. The minimum absolute atomic E-state index is 0. The summed E-state index contributed by atoms with van der Waals surface area (Å²) in [6.45, 7) is 0.446. The summed E-state index contributed by atoms with van der Waals surface area (Å²) in [5.74, 6) is 1.16. The number of benzene rings is 1. The third kappa shape index (κ3) is 7.23. The predicted octanol–water partition coefficient (Wildman–Crippen LogP) is 2.35. The number of methoxy groups -OCH3 is 1. The third-order valence-corrected chi connectivity index (χ3v) is 4.83. The van der Waals surface area contributed by atoms with Gasteiger partial charge >= 0.3 is 5.97 Å². The second kappa shape index (κ2) is 11.4. The standard InChI is InChI=1S/C17H24N2O4S.ClH/c1-22-16(20)7-8-24-11-12-3-2-4-13(9-12)19-17(21)15-6-5-14(10-18)23-15;/h2-4,9,14-15H,5-8,10-11,18H2,1H3,(H,19,21);1H/t14-,15+;/m1./s1. The Kier molecular flexibility index (Phi) is 9.89. The molecule has 1 aromatic rings. The Morgan fingerprint density at radius 2 is 2.20 bits per heavy atom. The van der Waals surface area contributed by atoms with Crippen LogP contribution >= 0.6 is 24.2 Å². The Morgan fingerprint density at radius 3 is 2.88 bits per heavy atom. The molecule has 3 N–H and O–H groups in total. The Morgan fingerprint density at radius 1 is 1.40 bits per heavy atom. The van der Waals surface area contributed by atoms with E-state index >= 15 is 0 Å². The molecule has 1 fully saturated rings. The summed E-state index contributed by atoms with van der Waals surface area (Å²) in [6, 6.07) is 7.70. The van der Waals surface area contributed by atoms with Crippen LogP contribution in [-0.4, -0.2) is 43.5 Å². The first-order valence-corrected chi connectivity index (χ1v) is 9.17. The van der Waals surface area contributed by atoms with Gasteiger partial charge in [-0.25, -0.2) is 0 Å². The minimum Gasteiger partial charge on any atom is -0.469 e. The number of carbonyl (C=O) groups excluding carboxylic acids is 2. The maximum atomic E-state index is 12.2. The van der Waals surface area contributed by atoms with E-state index in [0.717, 1.165) is 23.4 Å². The van der Waals surface area contributed by atoms with Gasteiger partial charge in [-0.3, -0.25) is 9.59 Å². The van der Waals surface area contributed by atoms with Crippen molar-refractivity contribution in [1.29, 1.82) is 0 Å². The van der Waals surface area contributed by atoms with Crippen LogP contribution in [0.3, 0.4) is 0 Å². The molecule has 8 heteroatoms. The summed E-state index contributed by atoms with van der Waals surface area (Å²) >= 11 is 1.65. The maximum Gasteiger partial charge on any atom is 0.306 e. The summed E-state index contributed by atoms with van der Waals surface area (Å²) in [6.07, 6.45) is 1.50. The molecule has 6 nitrogen and oxygen atoms in total. The van der Waals surface area contributed by atoms with E-state index in [2.05, 4.69) is 10.1 Å². The number of anilines is 1. The molecule has 140 valence electrons. The lowest BCUT2D eigenvalue weighted by molar-refractivity contribution is -0.140. The van der Waals surface area contributed by atoms with Crippen LogP contribution in [0.1, 0.15) is 24.8 Å². The molecule has 2 atom stereocenters. The molecule has 25 heavy (non-hydrogen) atoms. The molecule has 1 saturated heterocycles. The minimum atomic E-state index is -0.420. The van der Waals surface area contributed by atoms with Crippen LogP contribution in [0, 0.1) is 0 Å². The van der Waals surface area contributed by atoms with Gasteiger partial charge in [0.25, 0.3) is 5.91 Å². The van der Waals surface area contributed by atoms with Gasteiger partial charge in [-0.1, -0.05) is 12.1 Å². The molecule has 0 unspecified atom stereocenters. The van der Waals surface area contributed by atoms with E-state index < -0.39 is 6.10 Å². The highest BCUT2D eigenvalue weighted by Gasteiger charge is 2.29. The van der Waals surface area contributed by atoms with Crippen molar-refractivity contribution in [3.05, 3.63) is 29.8 Å².